The number of esters is 2. The summed E-state index contributed by atoms with van der Waals surface area (Å²) in [6, 6.07) is 9.09. The van der Waals surface area contributed by atoms with Crippen molar-refractivity contribution in [2.75, 3.05) is 20.3 Å². The SMILES string of the molecule is COC(=O)c1nc(-n2cc(C(F)(F)F)cn2)ccc1-c1cc2c(cc1C(=O)OCC[Si](C)(C)C)-c1sccc1CCO2. The summed E-state index contributed by atoms with van der Waals surface area (Å²) in [6.07, 6.45) is -2.46. The van der Waals surface area contributed by atoms with E-state index in [4.69, 9.17) is 14.2 Å². The van der Waals surface area contributed by atoms with Crippen LogP contribution in [-0.2, 0) is 22.1 Å². The number of hydrogen-bond donors (Lipinski definition) is 0. The van der Waals surface area contributed by atoms with E-state index in [1.807, 2.05) is 11.4 Å². The van der Waals surface area contributed by atoms with Gasteiger partial charge in [0.2, 0.25) is 0 Å². The predicted molar refractivity (Wildman–Crippen MR) is 154 cm³/mol. The molecule has 8 nitrogen and oxygen atoms in total. The van der Waals surface area contributed by atoms with E-state index in [1.165, 1.54) is 30.6 Å². The Kier molecular flexibility index (Phi) is 7.99. The summed E-state index contributed by atoms with van der Waals surface area (Å²) >= 11 is 1.54. The van der Waals surface area contributed by atoms with Gasteiger partial charge in [0, 0.05) is 42.3 Å². The average Bonchev–Trinajstić information content (AvgIpc) is 3.59. The highest BCUT2D eigenvalue weighted by Gasteiger charge is 2.33. The highest BCUT2D eigenvalue weighted by Crippen LogP contribution is 2.43. The number of carbonyl (C=O) groups is 2. The molecule has 0 saturated heterocycles. The van der Waals surface area contributed by atoms with Crippen LogP contribution in [0.5, 0.6) is 5.75 Å². The van der Waals surface area contributed by atoms with E-state index < -0.39 is 31.8 Å². The maximum atomic E-state index is 13.6. The van der Waals surface area contributed by atoms with Gasteiger partial charge in [0.25, 0.3) is 0 Å². The van der Waals surface area contributed by atoms with Crippen LogP contribution in [0.4, 0.5) is 13.2 Å². The zero-order valence-corrected chi connectivity index (χ0v) is 25.2. The van der Waals surface area contributed by atoms with Gasteiger partial charge >= 0.3 is 18.1 Å². The maximum Gasteiger partial charge on any atom is 0.419 e. The molecule has 1 aromatic carbocycles. The largest absolute Gasteiger partial charge is 0.493 e. The molecule has 4 heterocycles. The van der Waals surface area contributed by atoms with Gasteiger partial charge in [0.05, 0.1) is 37.6 Å². The first-order chi connectivity index (χ1) is 19.9. The first-order valence-corrected chi connectivity index (χ1v) is 17.7. The molecule has 4 aromatic rings. The second kappa shape index (κ2) is 11.4. The van der Waals surface area contributed by atoms with Gasteiger partial charge in [-0.15, -0.1) is 11.3 Å². The predicted octanol–water partition coefficient (Wildman–Crippen LogP) is 6.90. The number of methoxy groups -OCH3 is 1. The van der Waals surface area contributed by atoms with Crippen LogP contribution in [0.25, 0.3) is 27.4 Å². The van der Waals surface area contributed by atoms with Crippen LogP contribution in [0.3, 0.4) is 0 Å². The van der Waals surface area contributed by atoms with E-state index in [1.54, 1.807) is 12.1 Å². The molecule has 0 fully saturated rings. The number of thiophene rings is 1. The summed E-state index contributed by atoms with van der Waals surface area (Å²) in [6.45, 7) is 7.19. The van der Waals surface area contributed by atoms with Crippen LogP contribution in [0.15, 0.2) is 48.1 Å². The number of benzene rings is 1. The van der Waals surface area contributed by atoms with E-state index in [0.29, 0.717) is 30.5 Å². The van der Waals surface area contributed by atoms with Crippen LogP contribution in [0, 0.1) is 0 Å². The Bertz CT molecular complexity index is 1660. The van der Waals surface area contributed by atoms with Gasteiger partial charge in [-0.05, 0) is 47.3 Å². The molecule has 1 aliphatic heterocycles. The quantitative estimate of drug-likeness (QED) is 0.165. The number of fused-ring (bicyclic) bond motifs is 3. The third kappa shape index (κ3) is 6.11. The van der Waals surface area contributed by atoms with Crippen molar-refractivity contribution in [3.63, 3.8) is 0 Å². The number of halogens is 3. The Morgan fingerprint density at radius 2 is 1.88 bits per heavy atom. The molecule has 3 aromatic heterocycles. The molecule has 13 heteroatoms. The Morgan fingerprint density at radius 1 is 1.10 bits per heavy atom. The minimum absolute atomic E-state index is 0.0388. The van der Waals surface area contributed by atoms with Crippen molar-refractivity contribution in [3.8, 4) is 33.1 Å². The Labute approximate surface area is 245 Å². The minimum Gasteiger partial charge on any atom is -0.493 e. The summed E-state index contributed by atoms with van der Waals surface area (Å²) in [7, 11) is -0.327. The van der Waals surface area contributed by atoms with E-state index >= 15 is 0 Å². The summed E-state index contributed by atoms with van der Waals surface area (Å²) in [5.41, 5.74) is 1.41. The zero-order valence-electron chi connectivity index (χ0n) is 23.4. The van der Waals surface area contributed by atoms with Gasteiger partial charge in [-0.1, -0.05) is 19.6 Å². The number of nitrogens with zero attached hydrogens (tertiary/aromatic N) is 3. The normalized spacial score (nSPS) is 13.0. The molecule has 0 N–H and O–H groups in total. The fraction of sp³-hybridized carbons (Fsp3) is 0.310. The number of pyridine rings is 1. The van der Waals surface area contributed by atoms with Gasteiger partial charge in [-0.3, -0.25) is 0 Å². The van der Waals surface area contributed by atoms with E-state index in [-0.39, 0.29) is 29.2 Å². The molecule has 220 valence electrons. The summed E-state index contributed by atoms with van der Waals surface area (Å²) in [5, 5.41) is 5.74. The van der Waals surface area contributed by atoms with Crippen LogP contribution >= 0.6 is 11.3 Å². The highest BCUT2D eigenvalue weighted by atomic mass is 32.1. The van der Waals surface area contributed by atoms with E-state index in [2.05, 4.69) is 29.7 Å². The van der Waals surface area contributed by atoms with E-state index in [9.17, 15) is 22.8 Å². The lowest BCUT2D eigenvalue weighted by Gasteiger charge is -2.18. The van der Waals surface area contributed by atoms with Crippen LogP contribution in [-0.4, -0.2) is 55.1 Å². The Hall–Kier alpha value is -3.97. The number of hydrogen-bond acceptors (Lipinski definition) is 8. The maximum absolute atomic E-state index is 13.6. The molecule has 0 atom stereocenters. The van der Waals surface area contributed by atoms with Gasteiger partial charge in [-0.2, -0.15) is 18.3 Å². The van der Waals surface area contributed by atoms with Crippen molar-refractivity contribution >= 4 is 31.3 Å². The molecule has 0 unspecified atom stereocenters. The number of rotatable bonds is 7. The zero-order chi connectivity index (χ0) is 30.2. The lowest BCUT2D eigenvalue weighted by atomic mass is 9.94. The lowest BCUT2D eigenvalue weighted by molar-refractivity contribution is -0.137. The molecular formula is C29H28F3N3O5SSi. The molecule has 0 bridgehead atoms. The van der Waals surface area contributed by atoms with Crippen LogP contribution in [0.1, 0.15) is 32.0 Å². The molecule has 5 rings (SSSR count). The van der Waals surface area contributed by atoms with Gasteiger partial charge < -0.3 is 14.2 Å². The van der Waals surface area contributed by atoms with Crippen molar-refractivity contribution in [3.05, 3.63) is 70.5 Å². The third-order valence-electron chi connectivity index (χ3n) is 6.74. The van der Waals surface area contributed by atoms with Crippen LogP contribution in [0.2, 0.25) is 25.7 Å². The topological polar surface area (TPSA) is 92.5 Å². The smallest absolute Gasteiger partial charge is 0.419 e. The van der Waals surface area contributed by atoms with E-state index in [0.717, 1.165) is 32.9 Å². The minimum atomic E-state index is -4.60. The molecule has 0 radical (unpaired) electrons. The highest BCUT2D eigenvalue weighted by molar-refractivity contribution is 7.13. The van der Waals surface area contributed by atoms with Gasteiger partial charge in [0.1, 0.15) is 5.75 Å². The number of ether oxygens (including phenoxy) is 3. The summed E-state index contributed by atoms with van der Waals surface area (Å²) < 4.78 is 57.2. The summed E-state index contributed by atoms with van der Waals surface area (Å²) in [5.74, 6) is -0.936. The lowest BCUT2D eigenvalue weighted by Crippen LogP contribution is -2.23. The van der Waals surface area contributed by atoms with Gasteiger partial charge in [-0.25, -0.2) is 19.3 Å². The Morgan fingerprint density at radius 3 is 2.57 bits per heavy atom. The monoisotopic (exact) mass is 615 g/mol. The standard InChI is InChI=1S/C29H28F3N3O5SSi/c1-38-28(37)25-19(5-6-24(34-25)35-16-18(15-33-35)29(30,31)32)20-14-23-22(26-17(7-9-39-23)8-11-41-26)13-21(20)27(36)40-10-12-42(2,3)4/h5-6,8,11,13-16H,7,9-10,12H2,1-4H3. The second-order valence-electron chi connectivity index (χ2n) is 10.9. The summed E-state index contributed by atoms with van der Waals surface area (Å²) in [4.78, 5) is 31.8. The van der Waals surface area contributed by atoms with Crippen molar-refractivity contribution < 1.29 is 37.0 Å². The van der Waals surface area contributed by atoms with Crippen molar-refractivity contribution in [2.45, 2.75) is 38.3 Å². The second-order valence-corrected chi connectivity index (χ2v) is 17.5. The third-order valence-corrected chi connectivity index (χ3v) is 9.43. The molecule has 0 spiro atoms. The molecule has 0 amide bonds. The fourth-order valence-electron chi connectivity index (χ4n) is 4.48. The Balaban J connectivity index is 1.65. The van der Waals surface area contributed by atoms with Gasteiger partial charge in [0.15, 0.2) is 11.5 Å². The number of aromatic nitrogens is 3. The van der Waals surface area contributed by atoms with Crippen molar-refractivity contribution in [1.82, 2.24) is 14.8 Å². The molecular weight excluding hydrogens is 587 g/mol. The number of alkyl halides is 3. The van der Waals surface area contributed by atoms with Crippen molar-refractivity contribution in [2.24, 2.45) is 0 Å². The molecule has 1 aliphatic rings. The molecule has 0 saturated carbocycles. The average molecular weight is 616 g/mol. The van der Waals surface area contributed by atoms with Crippen LogP contribution < -0.4 is 4.74 Å². The number of carbonyl (C=O) groups excluding carboxylic acids is 2. The first-order valence-electron chi connectivity index (χ1n) is 13.1. The molecule has 42 heavy (non-hydrogen) atoms. The fourth-order valence-corrected chi connectivity index (χ4v) is 6.17. The molecule has 0 aliphatic carbocycles. The first kappa shape index (κ1) is 29.5. The van der Waals surface area contributed by atoms with Crippen molar-refractivity contribution in [1.29, 1.82) is 0 Å².